The number of nitrogens with zero attached hydrogens (tertiary/aromatic N) is 3. The highest BCUT2D eigenvalue weighted by atomic mass is 32.2. The topological polar surface area (TPSA) is 101 Å². The van der Waals surface area contributed by atoms with E-state index in [1.807, 2.05) is 24.3 Å². The maximum Gasteiger partial charge on any atom is 0.265 e. The van der Waals surface area contributed by atoms with Gasteiger partial charge in [-0.1, -0.05) is 32.0 Å². The first-order valence-corrected chi connectivity index (χ1v) is 11.0. The van der Waals surface area contributed by atoms with Gasteiger partial charge in [-0.3, -0.25) is 4.79 Å². The van der Waals surface area contributed by atoms with Gasteiger partial charge in [-0.2, -0.15) is 0 Å². The number of sulfone groups is 1. The number of amides is 1. The number of aryl methyl sites for hydroxylation is 1. The van der Waals surface area contributed by atoms with Crippen LogP contribution in [0.25, 0.3) is 10.9 Å². The number of aromatic hydroxyl groups is 1. The van der Waals surface area contributed by atoms with Crippen LogP contribution in [-0.2, 0) is 21.2 Å². The van der Waals surface area contributed by atoms with E-state index < -0.39 is 15.7 Å². The second kappa shape index (κ2) is 7.80. The molecule has 2 aromatic rings. The van der Waals surface area contributed by atoms with Crippen LogP contribution in [0.2, 0.25) is 0 Å². The Hall–Kier alpha value is -2.22. The average molecular weight is 391 g/mol. The summed E-state index contributed by atoms with van der Waals surface area (Å²) >= 11 is 0. The number of carbonyl (C=O) groups is 1. The van der Waals surface area contributed by atoms with Gasteiger partial charge in [0.15, 0.2) is 15.5 Å². The zero-order valence-electron chi connectivity index (χ0n) is 15.6. The number of fused-ring (bicyclic) bond motifs is 1. The van der Waals surface area contributed by atoms with Crippen molar-refractivity contribution in [3.63, 3.8) is 0 Å². The smallest absolute Gasteiger partial charge is 0.265 e. The van der Waals surface area contributed by atoms with E-state index in [0.29, 0.717) is 18.9 Å². The molecule has 1 atom stereocenters. The van der Waals surface area contributed by atoms with Crippen LogP contribution in [0.3, 0.4) is 0 Å². The fourth-order valence-corrected chi connectivity index (χ4v) is 5.27. The Labute approximate surface area is 159 Å². The van der Waals surface area contributed by atoms with E-state index in [1.54, 1.807) is 4.57 Å². The summed E-state index contributed by atoms with van der Waals surface area (Å²) in [6.45, 7) is 4.88. The predicted molar refractivity (Wildman–Crippen MR) is 104 cm³/mol. The lowest BCUT2D eigenvalue weighted by Crippen LogP contribution is -2.08. The van der Waals surface area contributed by atoms with Gasteiger partial charge in [0, 0.05) is 18.4 Å². The number of hydrogen-bond donors (Lipinski definition) is 1. The molecule has 0 bridgehead atoms. The summed E-state index contributed by atoms with van der Waals surface area (Å²) in [5, 5.41) is 19.1. The molecule has 27 heavy (non-hydrogen) atoms. The standard InChI is InChI=1S/C19H25N3O4S/c1-13(2)7-9-22-16-6-4-3-5-15(16)18(19(22)24)21-20-17(23)11-14-8-10-27(25,26)12-14/h3-6,13-14,24H,7-12H2,1-2H3/t14-/m1/s1. The molecule has 0 saturated carbocycles. The van der Waals surface area contributed by atoms with Crippen molar-refractivity contribution in [2.24, 2.45) is 22.1 Å². The Morgan fingerprint density at radius 1 is 1.33 bits per heavy atom. The number of hydrogen-bond acceptors (Lipinski definition) is 5. The summed E-state index contributed by atoms with van der Waals surface area (Å²) in [7, 11) is -3.02. The van der Waals surface area contributed by atoms with Crippen molar-refractivity contribution in [1.29, 1.82) is 0 Å². The fraction of sp³-hybridized carbons (Fsp3) is 0.526. The van der Waals surface area contributed by atoms with E-state index in [9.17, 15) is 18.3 Å². The number of benzene rings is 1. The minimum atomic E-state index is -3.02. The molecule has 2 heterocycles. The number of rotatable bonds is 6. The molecular formula is C19H25N3O4S. The van der Waals surface area contributed by atoms with Crippen LogP contribution < -0.4 is 0 Å². The van der Waals surface area contributed by atoms with E-state index in [0.717, 1.165) is 17.3 Å². The first kappa shape index (κ1) is 19.5. The normalized spacial score (nSPS) is 19.4. The van der Waals surface area contributed by atoms with Crippen molar-refractivity contribution in [2.75, 3.05) is 11.5 Å². The SMILES string of the molecule is CC(C)CCn1c(O)c(N=NC(=O)C[C@H]2CCS(=O)(=O)C2)c2ccccc21. The minimum Gasteiger partial charge on any atom is -0.493 e. The van der Waals surface area contributed by atoms with Crippen LogP contribution in [0.1, 0.15) is 33.1 Å². The molecule has 1 amide bonds. The van der Waals surface area contributed by atoms with Gasteiger partial charge < -0.3 is 9.67 Å². The van der Waals surface area contributed by atoms with E-state index in [4.69, 9.17) is 0 Å². The van der Waals surface area contributed by atoms with Crippen molar-refractivity contribution in [3.8, 4) is 5.88 Å². The van der Waals surface area contributed by atoms with Crippen molar-refractivity contribution in [3.05, 3.63) is 24.3 Å². The van der Waals surface area contributed by atoms with Crippen molar-refractivity contribution < 1.29 is 18.3 Å². The van der Waals surface area contributed by atoms with Gasteiger partial charge in [-0.25, -0.2) is 8.42 Å². The van der Waals surface area contributed by atoms with Crippen LogP contribution >= 0.6 is 0 Å². The summed E-state index contributed by atoms with van der Waals surface area (Å²) in [5.41, 5.74) is 1.13. The largest absolute Gasteiger partial charge is 0.493 e. The maximum absolute atomic E-state index is 12.1. The Morgan fingerprint density at radius 3 is 2.74 bits per heavy atom. The zero-order chi connectivity index (χ0) is 19.6. The molecule has 1 aromatic heterocycles. The molecule has 1 fully saturated rings. The van der Waals surface area contributed by atoms with Crippen LogP contribution in [0.15, 0.2) is 34.5 Å². The van der Waals surface area contributed by atoms with Gasteiger partial charge in [-0.15, -0.1) is 10.2 Å². The molecule has 1 aromatic carbocycles. The molecule has 3 rings (SSSR count). The summed E-state index contributed by atoms with van der Waals surface area (Å²) in [5.74, 6) is -0.00468. The number of para-hydroxylation sites is 1. The molecule has 0 spiro atoms. The zero-order valence-corrected chi connectivity index (χ0v) is 16.4. The summed E-state index contributed by atoms with van der Waals surface area (Å²) < 4.78 is 24.8. The Kier molecular flexibility index (Phi) is 5.64. The Bertz CT molecular complexity index is 976. The summed E-state index contributed by atoms with van der Waals surface area (Å²) in [6.07, 6.45) is 1.46. The van der Waals surface area contributed by atoms with Gasteiger partial charge >= 0.3 is 0 Å². The third-order valence-electron chi connectivity index (χ3n) is 4.90. The number of azo groups is 1. The van der Waals surface area contributed by atoms with Crippen LogP contribution in [0.5, 0.6) is 5.88 Å². The molecule has 7 nitrogen and oxygen atoms in total. The third kappa shape index (κ3) is 4.55. The molecule has 1 N–H and O–H groups in total. The molecule has 0 unspecified atom stereocenters. The first-order valence-electron chi connectivity index (χ1n) is 9.22. The van der Waals surface area contributed by atoms with Crippen molar-refractivity contribution in [1.82, 2.24) is 4.57 Å². The molecule has 8 heteroatoms. The molecular weight excluding hydrogens is 366 g/mol. The van der Waals surface area contributed by atoms with E-state index in [1.165, 1.54) is 0 Å². The van der Waals surface area contributed by atoms with Gasteiger partial charge in [0.25, 0.3) is 5.91 Å². The van der Waals surface area contributed by atoms with Crippen molar-refractivity contribution in [2.45, 2.75) is 39.7 Å². The maximum atomic E-state index is 12.1. The number of carbonyl (C=O) groups excluding carboxylic acids is 1. The summed E-state index contributed by atoms with van der Waals surface area (Å²) in [4.78, 5) is 12.1. The first-order chi connectivity index (χ1) is 12.8. The molecule has 1 aliphatic rings. The average Bonchev–Trinajstić information content (AvgIpc) is 3.07. The second-order valence-corrected chi connectivity index (χ2v) is 9.82. The highest BCUT2D eigenvalue weighted by Crippen LogP contribution is 2.39. The highest BCUT2D eigenvalue weighted by Gasteiger charge is 2.29. The summed E-state index contributed by atoms with van der Waals surface area (Å²) in [6, 6.07) is 7.47. The highest BCUT2D eigenvalue weighted by molar-refractivity contribution is 7.91. The molecule has 1 saturated heterocycles. The Balaban J connectivity index is 1.80. The van der Waals surface area contributed by atoms with Gasteiger partial charge in [0.05, 0.1) is 17.0 Å². The molecule has 1 aliphatic heterocycles. The van der Waals surface area contributed by atoms with Gasteiger partial charge in [0.1, 0.15) is 0 Å². The second-order valence-electron chi connectivity index (χ2n) is 7.59. The minimum absolute atomic E-state index is 0.00292. The van der Waals surface area contributed by atoms with Gasteiger partial charge in [0.2, 0.25) is 5.88 Å². The monoisotopic (exact) mass is 391 g/mol. The third-order valence-corrected chi connectivity index (χ3v) is 6.74. The molecule has 0 radical (unpaired) electrons. The van der Waals surface area contributed by atoms with Crippen LogP contribution in [0.4, 0.5) is 5.69 Å². The van der Waals surface area contributed by atoms with E-state index in [-0.39, 0.29) is 35.4 Å². The van der Waals surface area contributed by atoms with E-state index in [2.05, 4.69) is 24.1 Å². The van der Waals surface area contributed by atoms with Gasteiger partial charge in [-0.05, 0) is 30.7 Å². The lowest BCUT2D eigenvalue weighted by molar-refractivity contribution is -0.119. The predicted octanol–water partition coefficient (Wildman–Crippen LogP) is 3.83. The van der Waals surface area contributed by atoms with Crippen LogP contribution in [-0.4, -0.2) is 35.5 Å². The van der Waals surface area contributed by atoms with Crippen molar-refractivity contribution >= 4 is 32.3 Å². The molecule has 146 valence electrons. The fourth-order valence-electron chi connectivity index (χ4n) is 3.41. The Morgan fingerprint density at radius 2 is 2.07 bits per heavy atom. The van der Waals surface area contributed by atoms with E-state index >= 15 is 0 Å². The lowest BCUT2D eigenvalue weighted by Gasteiger charge is -2.08. The molecule has 0 aliphatic carbocycles. The number of aromatic nitrogens is 1. The van der Waals surface area contributed by atoms with Crippen LogP contribution in [0, 0.1) is 11.8 Å². The quantitative estimate of drug-likeness (QED) is 0.756. The lowest BCUT2D eigenvalue weighted by atomic mass is 10.1.